The molecule has 1 heteroatoms. The fourth-order valence-corrected chi connectivity index (χ4v) is 5.72. The average molecular weight is 449 g/mol. The highest BCUT2D eigenvalue weighted by Crippen LogP contribution is 2.37. The Morgan fingerprint density at radius 1 is 0.758 bits per heavy atom. The van der Waals surface area contributed by atoms with E-state index in [0.29, 0.717) is 0 Å². The Bertz CT molecular complexity index is 718. The quantitative estimate of drug-likeness (QED) is 0.242. The van der Waals surface area contributed by atoms with E-state index in [1.165, 1.54) is 83.5 Å². The van der Waals surface area contributed by atoms with E-state index in [4.69, 9.17) is 4.74 Å². The van der Waals surface area contributed by atoms with E-state index >= 15 is 0 Å². The lowest BCUT2D eigenvalue weighted by Gasteiger charge is -2.31. The summed E-state index contributed by atoms with van der Waals surface area (Å²) in [6.45, 7) is 5.31. The Labute approximate surface area is 204 Å². The zero-order valence-corrected chi connectivity index (χ0v) is 21.5. The van der Waals surface area contributed by atoms with E-state index in [2.05, 4.69) is 50.0 Å². The molecular formula is C32H48O. The molecule has 0 saturated heterocycles. The van der Waals surface area contributed by atoms with Crippen molar-refractivity contribution in [3.8, 4) is 17.6 Å². The summed E-state index contributed by atoms with van der Waals surface area (Å²) in [6, 6.07) is 8.18. The van der Waals surface area contributed by atoms with E-state index < -0.39 is 0 Å². The van der Waals surface area contributed by atoms with Crippen molar-refractivity contribution < 1.29 is 4.74 Å². The molecule has 2 fully saturated rings. The topological polar surface area (TPSA) is 9.23 Å². The summed E-state index contributed by atoms with van der Waals surface area (Å²) >= 11 is 0. The van der Waals surface area contributed by atoms with E-state index in [0.717, 1.165) is 54.4 Å². The summed E-state index contributed by atoms with van der Waals surface area (Å²) < 4.78 is 5.72. The van der Waals surface area contributed by atoms with Gasteiger partial charge in [-0.15, -0.1) is 0 Å². The minimum Gasteiger partial charge on any atom is -0.494 e. The van der Waals surface area contributed by atoms with Gasteiger partial charge in [-0.2, -0.15) is 0 Å². The molecule has 182 valence electrons. The Morgan fingerprint density at radius 3 is 1.94 bits per heavy atom. The second-order valence-corrected chi connectivity index (χ2v) is 10.7. The molecule has 0 aromatic heterocycles. The second-order valence-electron chi connectivity index (χ2n) is 10.7. The van der Waals surface area contributed by atoms with E-state index in [1.54, 1.807) is 0 Å². The van der Waals surface area contributed by atoms with E-state index in [1.807, 2.05) is 12.1 Å². The van der Waals surface area contributed by atoms with Gasteiger partial charge in [0, 0.05) is 5.56 Å². The highest BCUT2D eigenvalue weighted by molar-refractivity contribution is 5.40. The van der Waals surface area contributed by atoms with Crippen LogP contribution < -0.4 is 4.74 Å². The molecule has 2 aliphatic rings. The van der Waals surface area contributed by atoms with Gasteiger partial charge in [-0.3, -0.25) is 0 Å². The third kappa shape index (κ3) is 10.00. The van der Waals surface area contributed by atoms with Gasteiger partial charge in [0.15, 0.2) is 0 Å². The Kier molecular flexibility index (Phi) is 12.0. The molecule has 1 aromatic rings. The molecule has 0 unspecified atom stereocenters. The molecule has 0 bridgehead atoms. The molecule has 0 radical (unpaired) electrons. The van der Waals surface area contributed by atoms with Gasteiger partial charge in [-0.1, -0.05) is 96.0 Å². The van der Waals surface area contributed by atoms with Crippen molar-refractivity contribution in [2.45, 2.75) is 110 Å². The summed E-state index contributed by atoms with van der Waals surface area (Å²) in [5.41, 5.74) is 1.06. The fraction of sp³-hybridized carbons (Fsp3) is 0.688. The normalized spacial score (nSPS) is 25.5. The highest BCUT2D eigenvalue weighted by atomic mass is 16.5. The first kappa shape index (κ1) is 25.9. The van der Waals surface area contributed by atoms with Crippen LogP contribution in [0.25, 0.3) is 0 Å². The molecule has 0 amide bonds. The minimum atomic E-state index is 0.735. The predicted molar refractivity (Wildman–Crippen MR) is 143 cm³/mol. The number of unbranched alkanes of at least 4 members (excludes halogenated alkanes) is 2. The lowest BCUT2D eigenvalue weighted by molar-refractivity contribution is 0.220. The van der Waals surface area contributed by atoms with E-state index in [-0.39, 0.29) is 0 Å². The molecule has 1 aromatic carbocycles. The van der Waals surface area contributed by atoms with Crippen LogP contribution in [-0.2, 0) is 0 Å². The van der Waals surface area contributed by atoms with Gasteiger partial charge in [0.25, 0.3) is 0 Å². The maximum atomic E-state index is 5.72. The molecule has 0 aliphatic heterocycles. The van der Waals surface area contributed by atoms with Gasteiger partial charge in [-0.05, 0) is 86.1 Å². The third-order valence-electron chi connectivity index (χ3n) is 8.10. The first-order valence-corrected chi connectivity index (χ1v) is 14.2. The summed E-state index contributed by atoms with van der Waals surface area (Å²) in [5, 5.41) is 0. The van der Waals surface area contributed by atoms with Gasteiger partial charge in [0.1, 0.15) is 5.75 Å². The molecule has 2 saturated carbocycles. The number of hydrogen-bond donors (Lipinski definition) is 0. The molecule has 2 aliphatic carbocycles. The molecular weight excluding hydrogens is 400 g/mol. The molecule has 0 N–H and O–H groups in total. The minimum absolute atomic E-state index is 0.735. The van der Waals surface area contributed by atoms with Crippen LogP contribution in [0, 0.1) is 35.5 Å². The largest absolute Gasteiger partial charge is 0.494 e. The first-order chi connectivity index (χ1) is 16.3. The lowest BCUT2D eigenvalue weighted by Crippen LogP contribution is -2.17. The summed E-state index contributed by atoms with van der Waals surface area (Å²) in [5.74, 6) is 11.3. The van der Waals surface area contributed by atoms with Crippen LogP contribution in [0.15, 0.2) is 36.4 Å². The third-order valence-corrected chi connectivity index (χ3v) is 8.10. The molecule has 1 nitrogen and oxygen atoms in total. The summed E-state index contributed by atoms with van der Waals surface area (Å²) in [4.78, 5) is 0. The standard InChI is InChI=1S/C32H48O/c1-3-5-9-27-12-16-30(17-13-27)20-21-31-18-14-28(15-19-31)10-7-8-11-29-22-24-32(25-23-29)33-26-6-4-2/h7,10,22-25,27-28,30-31H,3-6,9,12-21,26H2,1-2H3/b10-7+/t27-,28?,30-,31?. The highest BCUT2D eigenvalue weighted by Gasteiger charge is 2.23. The molecule has 33 heavy (non-hydrogen) atoms. The molecule has 0 heterocycles. The number of benzene rings is 1. The van der Waals surface area contributed by atoms with Crippen LogP contribution in [0.3, 0.4) is 0 Å². The summed E-state index contributed by atoms with van der Waals surface area (Å²) in [6.07, 6.45) is 25.6. The molecule has 0 atom stereocenters. The number of ether oxygens (including phenoxy) is 1. The van der Waals surface area contributed by atoms with Gasteiger partial charge < -0.3 is 4.74 Å². The Hall–Kier alpha value is -1.68. The van der Waals surface area contributed by atoms with Crippen molar-refractivity contribution in [1.29, 1.82) is 0 Å². The van der Waals surface area contributed by atoms with Crippen LogP contribution in [0.2, 0.25) is 0 Å². The number of hydrogen-bond acceptors (Lipinski definition) is 1. The first-order valence-electron chi connectivity index (χ1n) is 14.2. The van der Waals surface area contributed by atoms with Crippen LogP contribution in [0.4, 0.5) is 0 Å². The maximum absolute atomic E-state index is 5.72. The van der Waals surface area contributed by atoms with Crippen LogP contribution >= 0.6 is 0 Å². The fourth-order valence-electron chi connectivity index (χ4n) is 5.72. The monoisotopic (exact) mass is 448 g/mol. The summed E-state index contributed by atoms with van der Waals surface area (Å²) in [7, 11) is 0. The van der Waals surface area contributed by atoms with Crippen molar-refractivity contribution in [3.05, 3.63) is 42.0 Å². The lowest BCUT2D eigenvalue weighted by atomic mass is 9.75. The molecule has 0 spiro atoms. The van der Waals surface area contributed by atoms with Crippen LogP contribution in [0.1, 0.15) is 116 Å². The van der Waals surface area contributed by atoms with Gasteiger partial charge >= 0.3 is 0 Å². The van der Waals surface area contributed by atoms with Crippen molar-refractivity contribution in [2.24, 2.45) is 23.7 Å². The van der Waals surface area contributed by atoms with Crippen LogP contribution in [-0.4, -0.2) is 6.61 Å². The second kappa shape index (κ2) is 15.3. The van der Waals surface area contributed by atoms with Gasteiger partial charge in [0.05, 0.1) is 6.61 Å². The van der Waals surface area contributed by atoms with Crippen LogP contribution in [0.5, 0.6) is 5.75 Å². The van der Waals surface area contributed by atoms with Gasteiger partial charge in [0.2, 0.25) is 0 Å². The zero-order valence-electron chi connectivity index (χ0n) is 21.5. The predicted octanol–water partition coefficient (Wildman–Crippen LogP) is 9.36. The Morgan fingerprint density at radius 2 is 1.33 bits per heavy atom. The average Bonchev–Trinajstić information content (AvgIpc) is 2.86. The number of allylic oxidation sites excluding steroid dienone is 2. The van der Waals surface area contributed by atoms with Gasteiger partial charge in [-0.25, -0.2) is 0 Å². The van der Waals surface area contributed by atoms with Crippen molar-refractivity contribution in [1.82, 2.24) is 0 Å². The van der Waals surface area contributed by atoms with Crippen molar-refractivity contribution >= 4 is 0 Å². The zero-order chi connectivity index (χ0) is 23.1. The van der Waals surface area contributed by atoms with Crippen molar-refractivity contribution in [3.63, 3.8) is 0 Å². The number of rotatable bonds is 11. The maximum Gasteiger partial charge on any atom is 0.119 e. The molecule has 3 rings (SSSR count). The smallest absolute Gasteiger partial charge is 0.119 e. The Balaban J connectivity index is 1.28. The SMILES string of the molecule is CCCCOc1ccc(C#C/C=C/C2CCC(CC[C@H]3CC[C@H](CCCC)CC3)CC2)cc1. The van der Waals surface area contributed by atoms with Crippen molar-refractivity contribution in [2.75, 3.05) is 6.61 Å². The van der Waals surface area contributed by atoms with E-state index in [9.17, 15) is 0 Å².